The minimum absolute atomic E-state index is 0.213. The number of rotatable bonds is 9. The van der Waals surface area contributed by atoms with Gasteiger partial charge >= 0.3 is 6.55 Å². The highest BCUT2D eigenvalue weighted by Gasteiger charge is 2.19. The van der Waals surface area contributed by atoms with Gasteiger partial charge in [0.1, 0.15) is 17.3 Å². The molecule has 10 heteroatoms. The highest BCUT2D eigenvalue weighted by atomic mass is 32.2. The maximum Gasteiger partial charge on any atom is 0.319 e. The Morgan fingerprint density at radius 3 is 2.59 bits per heavy atom. The van der Waals surface area contributed by atoms with Gasteiger partial charge in [0, 0.05) is 23.6 Å². The number of aromatic nitrogens is 5. The van der Waals surface area contributed by atoms with Gasteiger partial charge in [0.15, 0.2) is 11.0 Å². The van der Waals surface area contributed by atoms with Gasteiger partial charge in [-0.15, -0.1) is 10.2 Å². The maximum atomic E-state index is 13.2. The molecule has 0 amide bonds. The number of halogens is 2. The summed E-state index contributed by atoms with van der Waals surface area (Å²) in [6.07, 6.45) is 2.63. The molecule has 0 saturated carbocycles. The Kier molecular flexibility index (Phi) is 6.69. The fourth-order valence-corrected chi connectivity index (χ4v) is 4.07. The number of nitrogens with zero attached hydrogens (tertiary/aromatic N) is 5. The van der Waals surface area contributed by atoms with Crippen molar-refractivity contribution in [3.05, 3.63) is 66.7 Å². The fraction of sp³-hybridized carbons (Fsp3) is 0.227. The Morgan fingerprint density at radius 2 is 1.88 bits per heavy atom. The van der Waals surface area contributed by atoms with E-state index < -0.39 is 6.55 Å². The van der Waals surface area contributed by atoms with E-state index in [1.165, 1.54) is 24.2 Å². The van der Waals surface area contributed by atoms with Gasteiger partial charge in [-0.25, -0.2) is 4.98 Å². The molecule has 0 saturated heterocycles. The molecule has 0 radical (unpaired) electrons. The summed E-state index contributed by atoms with van der Waals surface area (Å²) in [5, 5.41) is 9.27. The molecule has 0 atom stereocenters. The van der Waals surface area contributed by atoms with E-state index in [-0.39, 0.29) is 11.6 Å². The summed E-state index contributed by atoms with van der Waals surface area (Å²) < 4.78 is 40.0. The molecule has 166 valence electrons. The molecule has 0 aliphatic carbocycles. The third kappa shape index (κ3) is 4.59. The standard InChI is InChI=1S/C22H21F2N5O2S/c1-3-31-17-9-7-16(8-10-17)29-20(15-5-4-6-18(13-15)30-2)26-27-22(29)32-14-19-25-11-12-28(19)21(23)24/h4-13,21H,3,14H2,1-2H3. The SMILES string of the molecule is CCOc1ccc(-n2c(SCc3nccn3C(F)F)nnc2-c2cccc(OC)c2)cc1. The number of thioether (sulfide) groups is 1. The molecule has 32 heavy (non-hydrogen) atoms. The molecule has 2 heterocycles. The van der Waals surface area contributed by atoms with E-state index in [1.54, 1.807) is 7.11 Å². The molecule has 0 unspecified atom stereocenters. The Labute approximate surface area is 188 Å². The van der Waals surface area contributed by atoms with Crippen molar-refractivity contribution in [3.63, 3.8) is 0 Å². The Hall–Kier alpha value is -3.40. The second kappa shape index (κ2) is 9.82. The van der Waals surface area contributed by atoms with Crippen LogP contribution >= 0.6 is 11.8 Å². The van der Waals surface area contributed by atoms with Crippen LogP contribution in [0.2, 0.25) is 0 Å². The minimum Gasteiger partial charge on any atom is -0.497 e. The summed E-state index contributed by atoms with van der Waals surface area (Å²) in [4.78, 5) is 4.05. The van der Waals surface area contributed by atoms with Crippen LogP contribution in [0.3, 0.4) is 0 Å². The van der Waals surface area contributed by atoms with Gasteiger partial charge in [-0.3, -0.25) is 9.13 Å². The molecule has 4 aromatic rings. The number of imidazole rings is 1. The summed E-state index contributed by atoms with van der Waals surface area (Å²) in [6.45, 7) is -0.157. The molecular formula is C22H21F2N5O2S. The van der Waals surface area contributed by atoms with Gasteiger partial charge in [0.2, 0.25) is 0 Å². The van der Waals surface area contributed by atoms with Gasteiger partial charge in [-0.2, -0.15) is 8.78 Å². The topological polar surface area (TPSA) is 67.0 Å². The van der Waals surface area contributed by atoms with Crippen molar-refractivity contribution in [2.75, 3.05) is 13.7 Å². The lowest BCUT2D eigenvalue weighted by molar-refractivity contribution is 0.0678. The van der Waals surface area contributed by atoms with Gasteiger partial charge in [0.25, 0.3) is 0 Å². The first-order valence-corrected chi connectivity index (χ1v) is 10.8. The number of hydrogen-bond acceptors (Lipinski definition) is 6. The third-order valence-corrected chi connectivity index (χ3v) is 5.58. The van der Waals surface area contributed by atoms with Crippen molar-refractivity contribution in [1.82, 2.24) is 24.3 Å². The van der Waals surface area contributed by atoms with Crippen molar-refractivity contribution in [2.24, 2.45) is 0 Å². The second-order valence-corrected chi connectivity index (χ2v) is 7.56. The van der Waals surface area contributed by atoms with Gasteiger partial charge in [-0.05, 0) is 43.3 Å². The second-order valence-electron chi connectivity index (χ2n) is 6.62. The van der Waals surface area contributed by atoms with Gasteiger partial charge in [0.05, 0.1) is 19.5 Å². The van der Waals surface area contributed by atoms with Gasteiger partial charge in [-0.1, -0.05) is 23.9 Å². The first-order valence-electron chi connectivity index (χ1n) is 9.86. The zero-order valence-corrected chi connectivity index (χ0v) is 18.3. The summed E-state index contributed by atoms with van der Waals surface area (Å²) in [6, 6.07) is 15.0. The third-order valence-electron chi connectivity index (χ3n) is 4.66. The predicted molar refractivity (Wildman–Crippen MR) is 118 cm³/mol. The van der Waals surface area contributed by atoms with E-state index in [4.69, 9.17) is 9.47 Å². The predicted octanol–water partition coefficient (Wildman–Crippen LogP) is 5.23. The molecule has 0 fully saturated rings. The van der Waals surface area contributed by atoms with E-state index in [0.29, 0.717) is 23.3 Å². The van der Waals surface area contributed by atoms with Crippen LogP contribution in [0.25, 0.3) is 17.1 Å². The van der Waals surface area contributed by atoms with Crippen LogP contribution in [0.15, 0.2) is 66.1 Å². The highest BCUT2D eigenvalue weighted by molar-refractivity contribution is 7.98. The summed E-state index contributed by atoms with van der Waals surface area (Å²) in [7, 11) is 1.60. The van der Waals surface area contributed by atoms with Crippen molar-refractivity contribution < 1.29 is 18.3 Å². The molecular weight excluding hydrogens is 436 g/mol. The largest absolute Gasteiger partial charge is 0.497 e. The van der Waals surface area contributed by atoms with E-state index in [0.717, 1.165) is 21.6 Å². The first kappa shape index (κ1) is 21.8. The van der Waals surface area contributed by atoms with Crippen molar-refractivity contribution in [3.8, 4) is 28.6 Å². The molecule has 4 rings (SSSR count). The zero-order chi connectivity index (χ0) is 22.5. The van der Waals surface area contributed by atoms with Crippen LogP contribution in [0.4, 0.5) is 8.78 Å². The summed E-state index contributed by atoms with van der Waals surface area (Å²) >= 11 is 1.28. The summed E-state index contributed by atoms with van der Waals surface area (Å²) in [5.74, 6) is 2.52. The van der Waals surface area contributed by atoms with Crippen LogP contribution in [-0.4, -0.2) is 38.0 Å². The van der Waals surface area contributed by atoms with Crippen LogP contribution in [-0.2, 0) is 5.75 Å². The lowest BCUT2D eigenvalue weighted by Crippen LogP contribution is -2.04. The number of ether oxygens (including phenoxy) is 2. The Morgan fingerprint density at radius 1 is 1.06 bits per heavy atom. The van der Waals surface area contributed by atoms with Crippen LogP contribution < -0.4 is 9.47 Å². The molecule has 0 bridgehead atoms. The quantitative estimate of drug-likeness (QED) is 0.321. The molecule has 0 spiro atoms. The molecule has 2 aromatic heterocycles. The van der Waals surface area contributed by atoms with Crippen LogP contribution in [0.1, 0.15) is 19.3 Å². The van der Waals surface area contributed by atoms with E-state index in [9.17, 15) is 8.78 Å². The van der Waals surface area contributed by atoms with Crippen LogP contribution in [0.5, 0.6) is 11.5 Å². The number of alkyl halides is 2. The molecule has 7 nitrogen and oxygen atoms in total. The molecule has 0 aliphatic heterocycles. The van der Waals surface area contributed by atoms with Gasteiger partial charge < -0.3 is 9.47 Å². The van der Waals surface area contributed by atoms with Crippen molar-refractivity contribution in [1.29, 1.82) is 0 Å². The normalized spacial score (nSPS) is 11.2. The van der Waals surface area contributed by atoms with E-state index >= 15 is 0 Å². The average Bonchev–Trinajstić information content (AvgIpc) is 3.45. The van der Waals surface area contributed by atoms with E-state index in [1.807, 2.05) is 60.0 Å². The van der Waals surface area contributed by atoms with Crippen LogP contribution in [0, 0.1) is 0 Å². The number of benzene rings is 2. The van der Waals surface area contributed by atoms with Crippen molar-refractivity contribution >= 4 is 11.8 Å². The Balaban J connectivity index is 1.72. The minimum atomic E-state index is -2.65. The maximum absolute atomic E-state index is 13.2. The Bertz CT molecular complexity index is 1180. The first-order chi connectivity index (χ1) is 15.6. The average molecular weight is 458 g/mol. The monoisotopic (exact) mass is 457 g/mol. The molecule has 2 aromatic carbocycles. The molecule has 0 N–H and O–H groups in total. The smallest absolute Gasteiger partial charge is 0.319 e. The lowest BCUT2D eigenvalue weighted by atomic mass is 10.2. The zero-order valence-electron chi connectivity index (χ0n) is 17.5. The van der Waals surface area contributed by atoms with Crippen molar-refractivity contribution in [2.45, 2.75) is 24.4 Å². The fourth-order valence-electron chi connectivity index (χ4n) is 3.17. The molecule has 0 aliphatic rings. The highest BCUT2D eigenvalue weighted by Crippen LogP contribution is 2.32. The number of hydrogen-bond donors (Lipinski definition) is 0. The lowest BCUT2D eigenvalue weighted by Gasteiger charge is -2.12. The summed E-state index contributed by atoms with van der Waals surface area (Å²) in [5.41, 5.74) is 1.63. The number of methoxy groups -OCH3 is 1. The van der Waals surface area contributed by atoms with E-state index in [2.05, 4.69) is 15.2 Å².